The zero-order valence-corrected chi connectivity index (χ0v) is 10.9. The predicted molar refractivity (Wildman–Crippen MR) is 77.0 cm³/mol. The molecule has 2 unspecified atom stereocenters. The highest BCUT2D eigenvalue weighted by Gasteiger charge is 2.32. The molecule has 1 aliphatic rings. The lowest BCUT2D eigenvalue weighted by molar-refractivity contribution is -0.141. The summed E-state index contributed by atoms with van der Waals surface area (Å²) in [6.07, 6.45) is 2.39. The first-order valence-corrected chi connectivity index (χ1v) is 6.76. The lowest BCUT2D eigenvalue weighted by atomic mass is 10.0. The van der Waals surface area contributed by atoms with Gasteiger partial charge >= 0.3 is 5.97 Å². The molecule has 0 bridgehead atoms. The van der Waals surface area contributed by atoms with Crippen molar-refractivity contribution in [3.05, 3.63) is 40.7 Å². The molecule has 1 fully saturated rings. The van der Waals surface area contributed by atoms with Gasteiger partial charge in [-0.15, -0.1) is 0 Å². The summed E-state index contributed by atoms with van der Waals surface area (Å²) in [4.78, 5) is 25.9. The monoisotopic (exact) mass is 272 g/mol. The van der Waals surface area contributed by atoms with E-state index in [9.17, 15) is 14.7 Å². The van der Waals surface area contributed by atoms with Crippen LogP contribution in [0.5, 0.6) is 0 Å². The number of nitrogens with one attached hydrogen (secondary N) is 2. The van der Waals surface area contributed by atoms with Gasteiger partial charge in [0.05, 0.1) is 5.92 Å². The molecule has 1 aromatic heterocycles. The van der Waals surface area contributed by atoms with Crippen molar-refractivity contribution in [2.24, 2.45) is 5.92 Å². The fourth-order valence-corrected chi connectivity index (χ4v) is 2.92. The molecule has 104 valence electrons. The van der Waals surface area contributed by atoms with E-state index >= 15 is 0 Å². The minimum Gasteiger partial charge on any atom is -0.481 e. The molecule has 20 heavy (non-hydrogen) atoms. The van der Waals surface area contributed by atoms with Crippen LogP contribution in [0.15, 0.2) is 35.1 Å². The highest BCUT2D eigenvalue weighted by Crippen LogP contribution is 2.28. The topological polar surface area (TPSA) is 82.2 Å². The Kier molecular flexibility index (Phi) is 3.18. The van der Waals surface area contributed by atoms with Crippen LogP contribution < -0.4 is 10.9 Å². The Bertz CT molecular complexity index is 708. The van der Waals surface area contributed by atoms with Gasteiger partial charge in [-0.2, -0.15) is 0 Å². The smallest absolute Gasteiger partial charge is 0.308 e. The summed E-state index contributed by atoms with van der Waals surface area (Å²) in [5, 5.41) is 13.8. The SMILES string of the molecule is O=C(O)C1CCCC1Nc1cc2ccccc2c(=O)[nH]1. The van der Waals surface area contributed by atoms with Gasteiger partial charge in [0.2, 0.25) is 0 Å². The first kappa shape index (κ1) is 12.7. The third kappa shape index (κ3) is 2.27. The molecule has 0 saturated heterocycles. The number of carboxylic acid groups (broad SMARTS) is 1. The van der Waals surface area contributed by atoms with Crippen LogP contribution >= 0.6 is 0 Å². The van der Waals surface area contributed by atoms with Crippen molar-refractivity contribution in [2.75, 3.05) is 5.32 Å². The van der Waals surface area contributed by atoms with E-state index in [0.29, 0.717) is 17.6 Å². The molecule has 5 nitrogen and oxygen atoms in total. The Hall–Kier alpha value is -2.30. The number of rotatable bonds is 3. The number of anilines is 1. The summed E-state index contributed by atoms with van der Waals surface area (Å²) in [5.41, 5.74) is -0.157. The standard InChI is InChI=1S/C15H16N2O3/c18-14-10-5-2-1-4-9(10)8-13(17-14)16-12-7-3-6-11(12)15(19)20/h1-2,4-5,8,11-12H,3,6-7H2,(H,19,20)(H2,16,17,18). The van der Waals surface area contributed by atoms with Gasteiger partial charge in [0.15, 0.2) is 0 Å². The van der Waals surface area contributed by atoms with E-state index in [2.05, 4.69) is 10.3 Å². The number of benzene rings is 1. The number of aliphatic carboxylic acids is 1. The maximum absolute atomic E-state index is 12.0. The van der Waals surface area contributed by atoms with E-state index in [1.807, 2.05) is 24.3 Å². The molecule has 0 aliphatic heterocycles. The largest absolute Gasteiger partial charge is 0.481 e. The van der Waals surface area contributed by atoms with Crippen LogP contribution in [0, 0.1) is 5.92 Å². The molecule has 1 saturated carbocycles. The fraction of sp³-hybridized carbons (Fsp3) is 0.333. The Morgan fingerprint density at radius 1 is 1.30 bits per heavy atom. The van der Waals surface area contributed by atoms with Gasteiger partial charge in [-0.25, -0.2) is 0 Å². The Labute approximate surface area is 115 Å². The average Bonchev–Trinajstić information content (AvgIpc) is 2.87. The molecule has 0 amide bonds. The van der Waals surface area contributed by atoms with Gasteiger partial charge in [-0.1, -0.05) is 24.6 Å². The number of pyridine rings is 1. The van der Waals surface area contributed by atoms with E-state index in [0.717, 1.165) is 18.2 Å². The second-order valence-corrected chi connectivity index (χ2v) is 5.23. The molecule has 1 aromatic carbocycles. The normalized spacial score (nSPS) is 22.0. The van der Waals surface area contributed by atoms with Crippen LogP contribution in [0.2, 0.25) is 0 Å². The van der Waals surface area contributed by atoms with Crippen LogP contribution in [0.1, 0.15) is 19.3 Å². The average molecular weight is 272 g/mol. The van der Waals surface area contributed by atoms with Crippen molar-refractivity contribution in [3.8, 4) is 0 Å². The van der Waals surface area contributed by atoms with Gasteiger partial charge < -0.3 is 15.4 Å². The number of aromatic nitrogens is 1. The molecule has 1 heterocycles. The van der Waals surface area contributed by atoms with Crippen LogP contribution in [0.3, 0.4) is 0 Å². The van der Waals surface area contributed by atoms with Gasteiger partial charge in [0.1, 0.15) is 5.82 Å². The first-order chi connectivity index (χ1) is 9.65. The number of H-pyrrole nitrogens is 1. The van der Waals surface area contributed by atoms with Crippen molar-refractivity contribution < 1.29 is 9.90 Å². The summed E-state index contributed by atoms with van der Waals surface area (Å²) in [6, 6.07) is 9.08. The fourth-order valence-electron chi connectivity index (χ4n) is 2.92. The second-order valence-electron chi connectivity index (χ2n) is 5.23. The molecule has 3 rings (SSSR count). The highest BCUT2D eigenvalue weighted by molar-refractivity contribution is 5.83. The number of carboxylic acids is 1. The summed E-state index contributed by atoms with van der Waals surface area (Å²) in [7, 11) is 0. The summed E-state index contributed by atoms with van der Waals surface area (Å²) in [5.74, 6) is -0.569. The van der Waals surface area contributed by atoms with Crippen molar-refractivity contribution in [2.45, 2.75) is 25.3 Å². The van der Waals surface area contributed by atoms with Crippen molar-refractivity contribution in [1.29, 1.82) is 0 Å². The van der Waals surface area contributed by atoms with Gasteiger partial charge in [-0.05, 0) is 30.4 Å². The van der Waals surface area contributed by atoms with Crippen molar-refractivity contribution in [3.63, 3.8) is 0 Å². The van der Waals surface area contributed by atoms with Crippen molar-refractivity contribution in [1.82, 2.24) is 4.98 Å². The molecule has 5 heteroatoms. The molecular formula is C15H16N2O3. The molecular weight excluding hydrogens is 256 g/mol. The summed E-state index contributed by atoms with van der Waals surface area (Å²) < 4.78 is 0. The van der Waals surface area contributed by atoms with Crippen LogP contribution in [-0.4, -0.2) is 22.1 Å². The predicted octanol–water partition coefficient (Wildman–Crippen LogP) is 2.19. The first-order valence-electron chi connectivity index (χ1n) is 6.76. The van der Waals surface area contributed by atoms with Crippen LogP contribution in [-0.2, 0) is 4.79 Å². The maximum atomic E-state index is 12.0. The third-order valence-corrected chi connectivity index (χ3v) is 3.93. The zero-order chi connectivity index (χ0) is 14.1. The minimum atomic E-state index is -0.775. The number of fused-ring (bicyclic) bond motifs is 1. The Balaban J connectivity index is 1.91. The Morgan fingerprint density at radius 2 is 2.10 bits per heavy atom. The van der Waals surface area contributed by atoms with E-state index in [1.54, 1.807) is 6.07 Å². The lowest BCUT2D eigenvalue weighted by Crippen LogP contribution is -2.30. The molecule has 2 atom stereocenters. The molecule has 2 aromatic rings. The summed E-state index contributed by atoms with van der Waals surface area (Å²) in [6.45, 7) is 0. The molecule has 1 aliphatic carbocycles. The zero-order valence-electron chi connectivity index (χ0n) is 10.9. The van der Waals surface area contributed by atoms with Crippen LogP contribution in [0.4, 0.5) is 5.82 Å². The van der Waals surface area contributed by atoms with E-state index in [-0.39, 0.29) is 17.5 Å². The number of aromatic amines is 1. The quantitative estimate of drug-likeness (QED) is 0.800. The minimum absolute atomic E-state index is 0.121. The summed E-state index contributed by atoms with van der Waals surface area (Å²) >= 11 is 0. The molecule has 0 spiro atoms. The van der Waals surface area contributed by atoms with E-state index < -0.39 is 5.97 Å². The van der Waals surface area contributed by atoms with Gasteiger partial charge in [0, 0.05) is 11.4 Å². The van der Waals surface area contributed by atoms with E-state index in [1.165, 1.54) is 0 Å². The van der Waals surface area contributed by atoms with Gasteiger partial charge in [0.25, 0.3) is 5.56 Å². The molecule has 0 radical (unpaired) electrons. The van der Waals surface area contributed by atoms with Crippen molar-refractivity contribution >= 4 is 22.6 Å². The maximum Gasteiger partial charge on any atom is 0.308 e. The number of hydrogen-bond acceptors (Lipinski definition) is 3. The Morgan fingerprint density at radius 3 is 2.90 bits per heavy atom. The lowest BCUT2D eigenvalue weighted by Gasteiger charge is -2.18. The number of carbonyl (C=O) groups is 1. The number of hydrogen-bond donors (Lipinski definition) is 3. The third-order valence-electron chi connectivity index (χ3n) is 3.93. The van der Waals surface area contributed by atoms with Gasteiger partial charge in [-0.3, -0.25) is 9.59 Å². The molecule has 3 N–H and O–H groups in total. The highest BCUT2D eigenvalue weighted by atomic mass is 16.4. The van der Waals surface area contributed by atoms with Crippen LogP contribution in [0.25, 0.3) is 10.8 Å². The second kappa shape index (κ2) is 5.00. The van der Waals surface area contributed by atoms with E-state index in [4.69, 9.17) is 0 Å².